The monoisotopic (exact) mass is 262 g/mol. The van der Waals surface area contributed by atoms with Gasteiger partial charge in [0.15, 0.2) is 0 Å². The molecule has 0 aliphatic carbocycles. The van der Waals surface area contributed by atoms with Gasteiger partial charge in [0.05, 0.1) is 18.9 Å². The lowest BCUT2D eigenvalue weighted by atomic mass is 9.72. The van der Waals surface area contributed by atoms with Crippen molar-refractivity contribution in [3.05, 3.63) is 29.8 Å². The van der Waals surface area contributed by atoms with Crippen molar-refractivity contribution in [2.45, 2.75) is 26.7 Å². The molecule has 19 heavy (non-hydrogen) atoms. The highest BCUT2D eigenvalue weighted by atomic mass is 16.6. The summed E-state index contributed by atoms with van der Waals surface area (Å²) in [5.41, 5.74) is 0.357. The third kappa shape index (κ3) is 2.35. The predicted octanol–water partition coefficient (Wildman–Crippen LogP) is 2.52. The molecule has 1 fully saturated rings. The van der Waals surface area contributed by atoms with Crippen LogP contribution in [0.3, 0.4) is 0 Å². The highest BCUT2D eigenvalue weighted by molar-refractivity contribution is 6.00. The number of benzene rings is 1. The topological polar surface area (TPSA) is 52.6 Å². The Kier molecular flexibility index (Phi) is 3.35. The van der Waals surface area contributed by atoms with Crippen LogP contribution in [0.15, 0.2) is 24.3 Å². The van der Waals surface area contributed by atoms with E-state index < -0.39 is 23.8 Å². The molecule has 1 aromatic rings. The maximum absolute atomic E-state index is 12.0. The maximum atomic E-state index is 12.0. The lowest BCUT2D eigenvalue weighted by Gasteiger charge is -2.28. The molecule has 0 saturated carbocycles. The number of cyclic esters (lactones) is 2. The second-order valence-electron chi connectivity index (χ2n) is 5.80. The molecule has 4 heteroatoms. The van der Waals surface area contributed by atoms with E-state index in [2.05, 4.69) is 0 Å². The van der Waals surface area contributed by atoms with Crippen LogP contribution in [-0.4, -0.2) is 19.0 Å². The molecule has 4 nitrogen and oxygen atoms in total. The van der Waals surface area contributed by atoms with Gasteiger partial charge in [-0.1, -0.05) is 39.0 Å². The van der Waals surface area contributed by atoms with Crippen LogP contribution < -0.4 is 4.74 Å². The van der Waals surface area contributed by atoms with Gasteiger partial charge in [-0.25, -0.2) is 0 Å². The van der Waals surface area contributed by atoms with Crippen molar-refractivity contribution in [3.63, 3.8) is 0 Å². The fraction of sp³-hybridized carbons (Fsp3) is 0.467. The van der Waals surface area contributed by atoms with Gasteiger partial charge in [-0.15, -0.1) is 0 Å². The minimum absolute atomic E-state index is 0.352. The van der Waals surface area contributed by atoms with E-state index in [0.717, 1.165) is 0 Å². The van der Waals surface area contributed by atoms with Gasteiger partial charge in [-0.3, -0.25) is 9.59 Å². The Morgan fingerprint density at radius 1 is 1.11 bits per heavy atom. The summed E-state index contributed by atoms with van der Waals surface area (Å²) < 4.78 is 10.1. The number of ether oxygens (including phenoxy) is 2. The summed E-state index contributed by atoms with van der Waals surface area (Å²) in [5, 5.41) is 0. The van der Waals surface area contributed by atoms with Gasteiger partial charge in [-0.2, -0.15) is 0 Å². The van der Waals surface area contributed by atoms with E-state index in [1.54, 1.807) is 13.2 Å². The van der Waals surface area contributed by atoms with Crippen LogP contribution in [0.4, 0.5) is 0 Å². The summed E-state index contributed by atoms with van der Waals surface area (Å²) in [6.07, 6.45) is 0. The van der Waals surface area contributed by atoms with Gasteiger partial charge in [0.1, 0.15) is 5.75 Å². The number of hydrogen-bond donors (Lipinski definition) is 0. The molecule has 0 aromatic heterocycles. The molecule has 1 saturated heterocycles. The van der Waals surface area contributed by atoms with Crippen molar-refractivity contribution in [1.29, 1.82) is 0 Å². The van der Waals surface area contributed by atoms with Crippen molar-refractivity contribution in [3.8, 4) is 5.75 Å². The first-order chi connectivity index (χ1) is 8.86. The first kappa shape index (κ1) is 13.6. The molecule has 0 N–H and O–H groups in total. The van der Waals surface area contributed by atoms with Crippen LogP contribution in [0.1, 0.15) is 32.3 Å². The second kappa shape index (κ2) is 4.68. The minimum atomic E-state index is -0.594. The first-order valence-corrected chi connectivity index (χ1v) is 6.24. The average Bonchev–Trinajstić information content (AvgIpc) is 2.63. The zero-order valence-electron chi connectivity index (χ0n) is 11.6. The van der Waals surface area contributed by atoms with E-state index in [4.69, 9.17) is 9.47 Å². The molecule has 1 aliphatic rings. The Morgan fingerprint density at radius 3 is 2.32 bits per heavy atom. The Bertz CT molecular complexity index is 513. The van der Waals surface area contributed by atoms with E-state index in [1.807, 2.05) is 39.0 Å². The van der Waals surface area contributed by atoms with Gasteiger partial charge in [0.2, 0.25) is 0 Å². The number of methoxy groups -OCH3 is 1. The van der Waals surface area contributed by atoms with Gasteiger partial charge in [0.25, 0.3) is 0 Å². The fourth-order valence-electron chi connectivity index (χ4n) is 2.58. The van der Waals surface area contributed by atoms with Crippen molar-refractivity contribution < 1.29 is 19.1 Å². The first-order valence-electron chi connectivity index (χ1n) is 6.24. The van der Waals surface area contributed by atoms with Gasteiger partial charge < -0.3 is 9.47 Å². The van der Waals surface area contributed by atoms with Crippen molar-refractivity contribution in [1.82, 2.24) is 0 Å². The Balaban J connectivity index is 2.52. The molecule has 0 bridgehead atoms. The van der Waals surface area contributed by atoms with Gasteiger partial charge >= 0.3 is 11.9 Å². The molecule has 0 radical (unpaired) electrons. The number of rotatable bonds is 2. The minimum Gasteiger partial charge on any atom is -0.496 e. The second-order valence-corrected chi connectivity index (χ2v) is 5.80. The van der Waals surface area contributed by atoms with E-state index >= 15 is 0 Å². The fourth-order valence-corrected chi connectivity index (χ4v) is 2.58. The van der Waals surface area contributed by atoms with Crippen molar-refractivity contribution in [2.75, 3.05) is 7.11 Å². The molecular formula is C15H18O4. The summed E-state index contributed by atoms with van der Waals surface area (Å²) in [4.78, 5) is 23.9. The highest BCUT2D eigenvalue weighted by Crippen LogP contribution is 2.45. The molecule has 102 valence electrons. The highest BCUT2D eigenvalue weighted by Gasteiger charge is 2.51. The van der Waals surface area contributed by atoms with E-state index in [0.29, 0.717) is 11.3 Å². The van der Waals surface area contributed by atoms with Crippen molar-refractivity contribution in [2.24, 2.45) is 11.3 Å². The van der Waals surface area contributed by atoms with Crippen LogP contribution >= 0.6 is 0 Å². The Morgan fingerprint density at radius 2 is 1.74 bits per heavy atom. The smallest absolute Gasteiger partial charge is 0.322 e. The molecule has 0 spiro atoms. The summed E-state index contributed by atoms with van der Waals surface area (Å²) in [6.45, 7) is 5.79. The summed E-state index contributed by atoms with van der Waals surface area (Å²) in [6, 6.07) is 7.25. The van der Waals surface area contributed by atoms with Crippen molar-refractivity contribution >= 4 is 11.9 Å². The SMILES string of the molecule is COc1ccccc1C1C(=O)OC(=O)C1C(C)(C)C. The standard InChI is InChI=1S/C15H18O4/c1-15(2,3)12-11(13(16)19-14(12)17)9-7-5-6-8-10(9)18-4/h5-8,11-12H,1-4H3. The summed E-state index contributed by atoms with van der Waals surface area (Å²) >= 11 is 0. The molecule has 1 aliphatic heterocycles. The van der Waals surface area contributed by atoms with Crippen LogP contribution in [0.2, 0.25) is 0 Å². The van der Waals surface area contributed by atoms with Crippen LogP contribution in [0.25, 0.3) is 0 Å². The Hall–Kier alpha value is -1.84. The Labute approximate surface area is 112 Å². The molecule has 2 rings (SSSR count). The number of esters is 2. The summed E-state index contributed by atoms with van der Waals surface area (Å²) in [7, 11) is 1.55. The molecule has 2 unspecified atom stereocenters. The number of hydrogen-bond acceptors (Lipinski definition) is 4. The molecule has 0 amide bonds. The third-order valence-corrected chi connectivity index (χ3v) is 3.45. The third-order valence-electron chi connectivity index (χ3n) is 3.45. The maximum Gasteiger partial charge on any atom is 0.322 e. The lowest BCUT2D eigenvalue weighted by Crippen LogP contribution is -2.29. The van der Waals surface area contributed by atoms with Crippen LogP contribution in [-0.2, 0) is 14.3 Å². The summed E-state index contributed by atoms with van der Waals surface area (Å²) in [5.74, 6) is -1.42. The number of carbonyl (C=O) groups is 2. The number of carbonyl (C=O) groups excluding carboxylic acids is 2. The van der Waals surface area contributed by atoms with E-state index in [-0.39, 0.29) is 5.41 Å². The van der Waals surface area contributed by atoms with Gasteiger partial charge in [0, 0.05) is 5.56 Å². The zero-order valence-corrected chi connectivity index (χ0v) is 11.6. The normalized spacial score (nSPS) is 23.4. The average molecular weight is 262 g/mol. The predicted molar refractivity (Wildman–Crippen MR) is 69.8 cm³/mol. The number of para-hydroxylation sites is 1. The molecule has 2 atom stereocenters. The largest absolute Gasteiger partial charge is 0.496 e. The van der Waals surface area contributed by atoms with Crippen LogP contribution in [0, 0.1) is 11.3 Å². The molecule has 1 aromatic carbocycles. The lowest BCUT2D eigenvalue weighted by molar-refractivity contribution is -0.154. The van der Waals surface area contributed by atoms with E-state index in [1.165, 1.54) is 0 Å². The zero-order chi connectivity index (χ0) is 14.2. The van der Waals surface area contributed by atoms with Gasteiger partial charge in [-0.05, 0) is 11.5 Å². The van der Waals surface area contributed by atoms with Crippen LogP contribution in [0.5, 0.6) is 5.75 Å². The van der Waals surface area contributed by atoms with E-state index in [9.17, 15) is 9.59 Å². The quantitative estimate of drug-likeness (QED) is 0.607. The molecule has 1 heterocycles. The molecular weight excluding hydrogens is 244 g/mol.